The summed E-state index contributed by atoms with van der Waals surface area (Å²) >= 11 is 0. The first-order chi connectivity index (χ1) is 11.5. The number of nitrogens with one attached hydrogen (secondary N) is 2. The van der Waals surface area contributed by atoms with Crippen LogP contribution in [0.2, 0.25) is 0 Å². The number of carbonyl (C=O) groups is 1. The van der Waals surface area contributed by atoms with Gasteiger partial charge in [0.2, 0.25) is 5.79 Å². The van der Waals surface area contributed by atoms with Gasteiger partial charge < -0.3 is 20.1 Å². The van der Waals surface area contributed by atoms with Crippen LogP contribution in [0.4, 0.5) is 11.5 Å². The van der Waals surface area contributed by atoms with Crippen molar-refractivity contribution in [3.05, 3.63) is 42.1 Å². The van der Waals surface area contributed by atoms with Crippen molar-refractivity contribution < 1.29 is 14.3 Å². The Hall–Kier alpha value is -2.76. The topological polar surface area (TPSA) is 72.5 Å². The second kappa shape index (κ2) is 5.40. The van der Waals surface area contributed by atoms with Gasteiger partial charge in [-0.2, -0.15) is 0 Å². The molecule has 1 aromatic heterocycles. The quantitative estimate of drug-likeness (QED) is 0.901. The lowest BCUT2D eigenvalue weighted by Crippen LogP contribution is -2.29. The molecule has 6 nitrogen and oxygen atoms in total. The predicted molar refractivity (Wildman–Crippen MR) is 90.6 cm³/mol. The molecule has 2 N–H and O–H groups in total. The summed E-state index contributed by atoms with van der Waals surface area (Å²) in [6, 6.07) is 9.33. The molecule has 24 heavy (non-hydrogen) atoms. The third-order valence-electron chi connectivity index (χ3n) is 3.86. The molecular weight excluding hydrogens is 306 g/mol. The van der Waals surface area contributed by atoms with Crippen LogP contribution in [-0.2, 0) is 0 Å². The van der Waals surface area contributed by atoms with Gasteiger partial charge >= 0.3 is 0 Å². The number of nitrogens with zero attached hydrogens (tertiary/aromatic N) is 1. The maximum atomic E-state index is 12.5. The molecule has 1 aliphatic carbocycles. The molecule has 1 aromatic carbocycles. The average molecular weight is 325 g/mol. The van der Waals surface area contributed by atoms with E-state index in [1.54, 1.807) is 36.5 Å². The van der Waals surface area contributed by atoms with Crippen molar-refractivity contribution in [2.45, 2.75) is 38.5 Å². The molecular formula is C18H19N3O3. The Balaban J connectivity index is 1.48. The van der Waals surface area contributed by atoms with Crippen LogP contribution in [0.3, 0.4) is 0 Å². The van der Waals surface area contributed by atoms with Crippen LogP contribution in [0, 0.1) is 0 Å². The van der Waals surface area contributed by atoms with E-state index in [1.807, 2.05) is 13.8 Å². The molecule has 2 heterocycles. The molecule has 0 spiro atoms. The van der Waals surface area contributed by atoms with Crippen LogP contribution in [0.1, 0.15) is 37.0 Å². The first-order valence-corrected chi connectivity index (χ1v) is 8.04. The summed E-state index contributed by atoms with van der Waals surface area (Å²) < 4.78 is 11.3. The number of hydrogen-bond donors (Lipinski definition) is 2. The SMILES string of the molecule is CC1(C)Oc2ccc(NC(=O)c3ccnc(NC4CC4)c3)cc2O1. The van der Waals surface area contributed by atoms with E-state index in [-0.39, 0.29) is 5.91 Å². The van der Waals surface area contributed by atoms with Gasteiger partial charge in [0, 0.05) is 43.4 Å². The molecule has 0 unspecified atom stereocenters. The third-order valence-corrected chi connectivity index (χ3v) is 3.86. The number of benzene rings is 1. The number of ether oxygens (including phenoxy) is 2. The van der Waals surface area contributed by atoms with E-state index in [2.05, 4.69) is 15.6 Å². The van der Waals surface area contributed by atoms with E-state index >= 15 is 0 Å². The van der Waals surface area contributed by atoms with Gasteiger partial charge in [-0.3, -0.25) is 4.79 Å². The summed E-state index contributed by atoms with van der Waals surface area (Å²) in [4.78, 5) is 16.7. The summed E-state index contributed by atoms with van der Waals surface area (Å²) in [5.74, 6) is 1.17. The van der Waals surface area contributed by atoms with Crippen molar-refractivity contribution in [1.29, 1.82) is 0 Å². The molecule has 6 heteroatoms. The largest absolute Gasteiger partial charge is 0.449 e. The van der Waals surface area contributed by atoms with Crippen molar-refractivity contribution in [3.8, 4) is 11.5 Å². The van der Waals surface area contributed by atoms with Crippen molar-refractivity contribution in [2.75, 3.05) is 10.6 Å². The highest BCUT2D eigenvalue weighted by Gasteiger charge is 2.31. The van der Waals surface area contributed by atoms with Gasteiger partial charge in [-0.25, -0.2) is 4.98 Å². The number of anilines is 2. The summed E-state index contributed by atoms with van der Waals surface area (Å²) in [5.41, 5.74) is 1.22. The van der Waals surface area contributed by atoms with Gasteiger partial charge in [-0.1, -0.05) is 0 Å². The zero-order valence-electron chi connectivity index (χ0n) is 13.6. The van der Waals surface area contributed by atoms with Crippen LogP contribution < -0.4 is 20.1 Å². The van der Waals surface area contributed by atoms with Gasteiger partial charge in [-0.15, -0.1) is 0 Å². The molecule has 0 saturated heterocycles. The molecule has 1 aliphatic heterocycles. The number of hydrogen-bond acceptors (Lipinski definition) is 5. The Labute approximate surface area is 140 Å². The van der Waals surface area contributed by atoms with Gasteiger partial charge in [0.15, 0.2) is 11.5 Å². The average Bonchev–Trinajstić information content (AvgIpc) is 3.28. The fourth-order valence-electron chi connectivity index (χ4n) is 2.59. The number of rotatable bonds is 4. The molecule has 1 saturated carbocycles. The number of aromatic nitrogens is 1. The minimum atomic E-state index is -0.681. The summed E-state index contributed by atoms with van der Waals surface area (Å²) in [5, 5.41) is 6.17. The van der Waals surface area contributed by atoms with Gasteiger partial charge in [0.05, 0.1) is 0 Å². The fourth-order valence-corrected chi connectivity index (χ4v) is 2.59. The van der Waals surface area contributed by atoms with Gasteiger partial charge in [-0.05, 0) is 37.1 Å². The predicted octanol–water partition coefficient (Wildman–Crippen LogP) is 3.42. The van der Waals surface area contributed by atoms with Gasteiger partial charge in [0.25, 0.3) is 5.91 Å². The first kappa shape index (κ1) is 14.8. The smallest absolute Gasteiger partial charge is 0.255 e. The van der Waals surface area contributed by atoms with Crippen LogP contribution in [0.15, 0.2) is 36.5 Å². The third kappa shape index (κ3) is 3.13. The summed E-state index contributed by atoms with van der Waals surface area (Å²) in [7, 11) is 0. The number of fused-ring (bicyclic) bond motifs is 1. The van der Waals surface area contributed by atoms with Crippen LogP contribution in [0.25, 0.3) is 0 Å². The molecule has 0 atom stereocenters. The molecule has 2 aromatic rings. The first-order valence-electron chi connectivity index (χ1n) is 8.04. The Bertz CT molecular complexity index is 800. The van der Waals surface area contributed by atoms with E-state index in [1.165, 1.54) is 0 Å². The lowest BCUT2D eigenvalue weighted by atomic mass is 10.2. The standard InChI is InChI=1S/C18H19N3O3/c1-18(2)23-14-6-5-13(10-15(14)24-18)21-17(22)11-7-8-19-16(9-11)20-12-3-4-12/h5-10,12H,3-4H2,1-2H3,(H,19,20)(H,21,22). The fraction of sp³-hybridized carbons (Fsp3) is 0.333. The maximum Gasteiger partial charge on any atom is 0.255 e. The Morgan fingerprint density at radius 2 is 1.96 bits per heavy atom. The highest BCUT2D eigenvalue weighted by Crippen LogP contribution is 2.40. The molecule has 2 aliphatic rings. The highest BCUT2D eigenvalue weighted by molar-refractivity contribution is 6.04. The van der Waals surface area contributed by atoms with Crippen molar-refractivity contribution in [1.82, 2.24) is 4.98 Å². The Morgan fingerprint density at radius 3 is 2.75 bits per heavy atom. The number of amides is 1. The number of carbonyl (C=O) groups excluding carboxylic acids is 1. The molecule has 4 rings (SSSR count). The summed E-state index contributed by atoms with van der Waals surface area (Å²) in [6.45, 7) is 3.69. The highest BCUT2D eigenvalue weighted by atomic mass is 16.7. The second-order valence-electron chi connectivity index (χ2n) is 6.57. The maximum absolute atomic E-state index is 12.5. The second-order valence-corrected chi connectivity index (χ2v) is 6.57. The van der Waals surface area contributed by atoms with E-state index in [0.29, 0.717) is 28.8 Å². The molecule has 0 bridgehead atoms. The Morgan fingerprint density at radius 1 is 1.17 bits per heavy atom. The van der Waals surface area contributed by atoms with E-state index in [9.17, 15) is 4.79 Å². The monoisotopic (exact) mass is 325 g/mol. The molecule has 1 fully saturated rings. The normalized spacial score (nSPS) is 17.4. The molecule has 124 valence electrons. The van der Waals surface area contributed by atoms with Gasteiger partial charge in [0.1, 0.15) is 5.82 Å². The lowest BCUT2D eigenvalue weighted by molar-refractivity contribution is -0.0431. The lowest BCUT2D eigenvalue weighted by Gasteiger charge is -2.16. The van der Waals surface area contributed by atoms with Crippen LogP contribution in [0.5, 0.6) is 11.5 Å². The molecule has 1 amide bonds. The molecule has 0 radical (unpaired) electrons. The van der Waals surface area contributed by atoms with E-state index in [0.717, 1.165) is 18.7 Å². The van der Waals surface area contributed by atoms with Crippen molar-refractivity contribution >= 4 is 17.4 Å². The zero-order chi connectivity index (χ0) is 16.7. The van der Waals surface area contributed by atoms with E-state index in [4.69, 9.17) is 9.47 Å². The summed E-state index contributed by atoms with van der Waals surface area (Å²) in [6.07, 6.45) is 3.96. The number of pyridine rings is 1. The minimum Gasteiger partial charge on any atom is -0.449 e. The van der Waals surface area contributed by atoms with Crippen molar-refractivity contribution in [3.63, 3.8) is 0 Å². The Kier molecular flexibility index (Phi) is 3.33. The van der Waals surface area contributed by atoms with E-state index < -0.39 is 5.79 Å². The zero-order valence-corrected chi connectivity index (χ0v) is 13.6. The van der Waals surface area contributed by atoms with Crippen LogP contribution in [-0.4, -0.2) is 22.7 Å². The van der Waals surface area contributed by atoms with Crippen molar-refractivity contribution in [2.24, 2.45) is 0 Å². The minimum absolute atomic E-state index is 0.186. The van der Waals surface area contributed by atoms with Crippen LogP contribution >= 0.6 is 0 Å².